The number of hydrogen-bond acceptors (Lipinski definition) is 4. The zero-order valence-electron chi connectivity index (χ0n) is 15.5. The second kappa shape index (κ2) is 7.08. The molecule has 1 saturated carbocycles. The largest absolute Gasteiger partial charge is 0.448 e. The molecule has 0 bridgehead atoms. The first-order valence-electron chi connectivity index (χ1n) is 10.1. The summed E-state index contributed by atoms with van der Waals surface area (Å²) in [5, 5.41) is 0. The predicted molar refractivity (Wildman–Crippen MR) is 94.4 cm³/mol. The van der Waals surface area contributed by atoms with E-state index in [1.807, 2.05) is 0 Å². The second-order valence-electron chi connectivity index (χ2n) is 8.28. The lowest BCUT2D eigenvalue weighted by atomic mass is 9.77. The van der Waals surface area contributed by atoms with Crippen LogP contribution in [-0.2, 0) is 14.3 Å². The number of amides is 3. The van der Waals surface area contributed by atoms with Gasteiger partial charge in [-0.2, -0.15) is 0 Å². The van der Waals surface area contributed by atoms with Crippen molar-refractivity contribution in [2.45, 2.75) is 57.4 Å². The maximum Gasteiger partial charge on any atom is 0.410 e. The third-order valence-corrected chi connectivity index (χ3v) is 6.66. The Bertz CT molecular complexity index is 589. The number of nitrogens with zero attached hydrogens (tertiary/aromatic N) is 3. The van der Waals surface area contributed by atoms with Crippen molar-refractivity contribution in [3.63, 3.8) is 0 Å². The molecule has 7 heteroatoms. The first kappa shape index (κ1) is 17.6. The SMILES string of the molecule is O=C(CN1CCOC1=O)N1CC[C@]2(CCCN(C3CCCCC3)C2=O)C1. The van der Waals surface area contributed by atoms with E-state index in [4.69, 9.17) is 4.74 Å². The smallest absolute Gasteiger partial charge is 0.410 e. The molecule has 3 aliphatic heterocycles. The zero-order chi connectivity index (χ0) is 18.1. The van der Waals surface area contributed by atoms with E-state index in [1.54, 1.807) is 4.90 Å². The Balaban J connectivity index is 1.40. The normalized spacial score (nSPS) is 30.4. The molecule has 0 unspecified atom stereocenters. The van der Waals surface area contributed by atoms with Crippen LogP contribution in [0.25, 0.3) is 0 Å². The molecule has 3 amide bonds. The molecule has 144 valence electrons. The van der Waals surface area contributed by atoms with E-state index in [9.17, 15) is 14.4 Å². The fraction of sp³-hybridized carbons (Fsp3) is 0.842. The minimum atomic E-state index is -0.413. The van der Waals surface area contributed by atoms with Gasteiger partial charge in [0.25, 0.3) is 0 Å². The topological polar surface area (TPSA) is 70.2 Å². The summed E-state index contributed by atoms with van der Waals surface area (Å²) in [6.07, 6.45) is 8.23. The molecule has 4 aliphatic rings. The molecule has 1 spiro atoms. The lowest BCUT2D eigenvalue weighted by molar-refractivity contribution is -0.149. The van der Waals surface area contributed by atoms with Crippen LogP contribution in [0.5, 0.6) is 0 Å². The Kier molecular flexibility index (Phi) is 4.80. The van der Waals surface area contributed by atoms with Crippen LogP contribution in [-0.4, -0.2) is 78.0 Å². The molecule has 3 heterocycles. The molecule has 3 saturated heterocycles. The van der Waals surface area contributed by atoms with Crippen molar-refractivity contribution in [1.29, 1.82) is 0 Å². The van der Waals surface area contributed by atoms with Gasteiger partial charge in [-0.3, -0.25) is 14.5 Å². The number of carbonyl (C=O) groups excluding carboxylic acids is 3. The molecule has 0 N–H and O–H groups in total. The van der Waals surface area contributed by atoms with Gasteiger partial charge in [0.05, 0.1) is 12.0 Å². The molecule has 0 aromatic heterocycles. The number of piperidine rings is 1. The van der Waals surface area contributed by atoms with Crippen molar-refractivity contribution >= 4 is 17.9 Å². The van der Waals surface area contributed by atoms with Gasteiger partial charge in [0, 0.05) is 25.7 Å². The Morgan fingerprint density at radius 3 is 2.58 bits per heavy atom. The van der Waals surface area contributed by atoms with Gasteiger partial charge in [0.15, 0.2) is 0 Å². The standard InChI is InChI=1S/C19H29N3O4/c23-16(13-20-11-12-26-18(20)25)21-10-8-19(14-21)7-4-9-22(17(19)24)15-5-2-1-3-6-15/h15H,1-14H2/t19-/m1/s1. The Morgan fingerprint density at radius 1 is 1.04 bits per heavy atom. The highest BCUT2D eigenvalue weighted by molar-refractivity contribution is 5.87. The first-order valence-corrected chi connectivity index (χ1v) is 10.1. The predicted octanol–water partition coefficient (Wildman–Crippen LogP) is 1.61. The highest BCUT2D eigenvalue weighted by Crippen LogP contribution is 2.42. The molecule has 4 fully saturated rings. The van der Waals surface area contributed by atoms with Crippen LogP contribution >= 0.6 is 0 Å². The Morgan fingerprint density at radius 2 is 1.85 bits per heavy atom. The van der Waals surface area contributed by atoms with Crippen molar-refractivity contribution in [3.8, 4) is 0 Å². The van der Waals surface area contributed by atoms with Gasteiger partial charge in [-0.05, 0) is 32.1 Å². The van der Waals surface area contributed by atoms with E-state index in [2.05, 4.69) is 4.90 Å². The van der Waals surface area contributed by atoms with Gasteiger partial charge < -0.3 is 14.5 Å². The van der Waals surface area contributed by atoms with Gasteiger partial charge in [-0.25, -0.2) is 4.79 Å². The Hall–Kier alpha value is -1.79. The van der Waals surface area contributed by atoms with Crippen LogP contribution in [0.3, 0.4) is 0 Å². The number of rotatable bonds is 3. The molecule has 0 aromatic rings. The van der Waals surface area contributed by atoms with E-state index >= 15 is 0 Å². The lowest BCUT2D eigenvalue weighted by Gasteiger charge is -2.44. The van der Waals surface area contributed by atoms with Gasteiger partial charge >= 0.3 is 6.09 Å². The maximum atomic E-state index is 13.3. The number of carbonyl (C=O) groups is 3. The maximum absolute atomic E-state index is 13.3. The highest BCUT2D eigenvalue weighted by Gasteiger charge is 2.50. The van der Waals surface area contributed by atoms with Crippen molar-refractivity contribution in [1.82, 2.24) is 14.7 Å². The van der Waals surface area contributed by atoms with Crippen LogP contribution in [0.1, 0.15) is 51.4 Å². The summed E-state index contributed by atoms with van der Waals surface area (Å²) in [5.74, 6) is 0.204. The van der Waals surface area contributed by atoms with E-state index < -0.39 is 11.5 Å². The van der Waals surface area contributed by atoms with Gasteiger partial charge in [0.1, 0.15) is 13.2 Å². The third kappa shape index (κ3) is 3.16. The zero-order valence-corrected chi connectivity index (χ0v) is 15.5. The number of cyclic esters (lactones) is 1. The summed E-state index contributed by atoms with van der Waals surface area (Å²) in [7, 11) is 0. The highest BCUT2D eigenvalue weighted by atomic mass is 16.6. The van der Waals surface area contributed by atoms with Gasteiger partial charge in [-0.15, -0.1) is 0 Å². The summed E-state index contributed by atoms with van der Waals surface area (Å²) >= 11 is 0. The molecular weight excluding hydrogens is 334 g/mol. The molecule has 26 heavy (non-hydrogen) atoms. The van der Waals surface area contributed by atoms with E-state index in [-0.39, 0.29) is 18.4 Å². The summed E-state index contributed by atoms with van der Waals surface area (Å²) < 4.78 is 4.89. The van der Waals surface area contributed by atoms with Crippen LogP contribution < -0.4 is 0 Å². The summed E-state index contributed by atoms with van der Waals surface area (Å²) in [6, 6.07) is 0.401. The molecule has 0 radical (unpaired) electrons. The lowest BCUT2D eigenvalue weighted by Crippen LogP contribution is -2.54. The van der Waals surface area contributed by atoms with E-state index in [0.717, 1.165) is 38.6 Å². The quantitative estimate of drug-likeness (QED) is 0.764. The minimum Gasteiger partial charge on any atom is -0.448 e. The average Bonchev–Trinajstić information content (AvgIpc) is 3.26. The summed E-state index contributed by atoms with van der Waals surface area (Å²) in [4.78, 5) is 42.9. The first-order chi connectivity index (χ1) is 12.6. The fourth-order valence-electron chi connectivity index (χ4n) is 5.14. The van der Waals surface area contributed by atoms with Crippen molar-refractivity contribution in [3.05, 3.63) is 0 Å². The van der Waals surface area contributed by atoms with E-state index in [1.165, 1.54) is 24.2 Å². The molecule has 1 atom stereocenters. The number of likely N-dealkylation sites (tertiary alicyclic amines) is 2. The number of hydrogen-bond donors (Lipinski definition) is 0. The minimum absolute atomic E-state index is 0.0649. The molecule has 7 nitrogen and oxygen atoms in total. The average molecular weight is 363 g/mol. The Labute approximate surface area is 154 Å². The molecule has 1 aliphatic carbocycles. The molecule has 4 rings (SSSR count). The third-order valence-electron chi connectivity index (χ3n) is 6.66. The fourth-order valence-corrected chi connectivity index (χ4v) is 5.14. The van der Waals surface area contributed by atoms with Gasteiger partial charge in [-0.1, -0.05) is 19.3 Å². The second-order valence-corrected chi connectivity index (χ2v) is 8.28. The van der Waals surface area contributed by atoms with Crippen molar-refractivity contribution < 1.29 is 19.1 Å². The van der Waals surface area contributed by atoms with Crippen LogP contribution in [0, 0.1) is 5.41 Å². The van der Waals surface area contributed by atoms with Crippen LogP contribution in [0.15, 0.2) is 0 Å². The molecular formula is C19H29N3O4. The molecule has 0 aromatic carbocycles. The van der Waals surface area contributed by atoms with Crippen LogP contribution in [0.4, 0.5) is 4.79 Å². The monoisotopic (exact) mass is 363 g/mol. The van der Waals surface area contributed by atoms with Crippen molar-refractivity contribution in [2.24, 2.45) is 5.41 Å². The summed E-state index contributed by atoms with van der Waals surface area (Å²) in [6.45, 7) is 2.89. The van der Waals surface area contributed by atoms with Crippen molar-refractivity contribution in [2.75, 3.05) is 39.3 Å². The number of ether oxygens (including phenoxy) is 1. The van der Waals surface area contributed by atoms with Gasteiger partial charge in [0.2, 0.25) is 11.8 Å². The van der Waals surface area contributed by atoms with Crippen LogP contribution in [0.2, 0.25) is 0 Å². The summed E-state index contributed by atoms with van der Waals surface area (Å²) in [5.41, 5.74) is -0.392. The van der Waals surface area contributed by atoms with E-state index in [0.29, 0.717) is 32.3 Å².